The summed E-state index contributed by atoms with van der Waals surface area (Å²) in [5, 5.41) is 12.2. The van der Waals surface area contributed by atoms with E-state index in [-0.39, 0.29) is 18.4 Å². The number of fused-ring (bicyclic) bond motifs is 1. The Labute approximate surface area is 154 Å². The van der Waals surface area contributed by atoms with E-state index in [2.05, 4.69) is 24.1 Å². The predicted octanol–water partition coefficient (Wildman–Crippen LogP) is 0.974. The van der Waals surface area contributed by atoms with Gasteiger partial charge < -0.3 is 19.9 Å². The van der Waals surface area contributed by atoms with Crippen molar-refractivity contribution in [1.82, 2.24) is 14.9 Å². The van der Waals surface area contributed by atoms with Crippen LogP contribution in [0.25, 0.3) is 0 Å². The summed E-state index contributed by atoms with van der Waals surface area (Å²) in [5.41, 5.74) is 2.08. The fourth-order valence-corrected chi connectivity index (χ4v) is 3.31. The highest BCUT2D eigenvalue weighted by molar-refractivity contribution is 5.78. The first kappa shape index (κ1) is 18.4. The minimum atomic E-state index is -0.111. The molecule has 1 N–H and O–H groups in total. The van der Waals surface area contributed by atoms with E-state index in [1.807, 2.05) is 6.07 Å². The molecular weight excluding hydrogens is 332 g/mol. The minimum Gasteiger partial charge on any atom is -0.378 e. The molecule has 0 spiro atoms. The van der Waals surface area contributed by atoms with Gasteiger partial charge in [0.2, 0.25) is 11.9 Å². The van der Waals surface area contributed by atoms with Crippen molar-refractivity contribution in [3.05, 3.63) is 11.3 Å². The molecule has 0 atom stereocenters. The summed E-state index contributed by atoms with van der Waals surface area (Å²) in [6.45, 7) is 8.30. The number of carbonyl (C=O) groups excluding carboxylic acids is 1. The molecule has 1 amide bonds. The van der Waals surface area contributed by atoms with Crippen molar-refractivity contribution in [3.8, 4) is 6.07 Å². The molecule has 26 heavy (non-hydrogen) atoms. The first-order valence-electron chi connectivity index (χ1n) is 9.22. The van der Waals surface area contributed by atoms with Gasteiger partial charge >= 0.3 is 0 Å². The summed E-state index contributed by atoms with van der Waals surface area (Å²) in [5.74, 6) is 1.48. The maximum Gasteiger partial charge on any atom is 0.236 e. The van der Waals surface area contributed by atoms with Gasteiger partial charge in [-0.15, -0.1) is 0 Å². The summed E-state index contributed by atoms with van der Waals surface area (Å²) in [6, 6.07) is 2.20. The number of hydrogen-bond acceptors (Lipinski definition) is 7. The largest absolute Gasteiger partial charge is 0.378 e. The molecule has 0 saturated carbocycles. The van der Waals surface area contributed by atoms with Crippen LogP contribution in [0.15, 0.2) is 0 Å². The lowest BCUT2D eigenvalue weighted by Gasteiger charge is -2.28. The van der Waals surface area contributed by atoms with Crippen molar-refractivity contribution in [2.45, 2.75) is 39.2 Å². The highest BCUT2D eigenvalue weighted by Crippen LogP contribution is 2.25. The summed E-state index contributed by atoms with van der Waals surface area (Å²) >= 11 is 0. The van der Waals surface area contributed by atoms with Gasteiger partial charge in [-0.1, -0.05) is 0 Å². The lowest BCUT2D eigenvalue weighted by atomic mass is 10.1. The number of nitrogens with zero attached hydrogens (tertiary/aromatic N) is 5. The number of nitriles is 1. The van der Waals surface area contributed by atoms with Gasteiger partial charge in [0.1, 0.15) is 12.2 Å². The second-order valence-electron chi connectivity index (χ2n) is 6.91. The maximum absolute atomic E-state index is 12.1. The highest BCUT2D eigenvalue weighted by Gasteiger charge is 2.24. The standard InChI is InChI=1S/C18H26N6O2/c1-13(2)20-17-14-4-7-23(16(25)3-6-19)8-5-15(14)21-18(22-17)24-9-11-26-12-10-24/h13H,3-5,7-12H2,1-2H3,(H,20,21,22). The predicted molar refractivity (Wildman–Crippen MR) is 98.0 cm³/mol. The Balaban J connectivity index is 1.88. The molecule has 3 heterocycles. The fourth-order valence-electron chi connectivity index (χ4n) is 3.31. The summed E-state index contributed by atoms with van der Waals surface area (Å²) < 4.78 is 5.43. The van der Waals surface area contributed by atoms with Crippen LogP contribution in [0.2, 0.25) is 0 Å². The van der Waals surface area contributed by atoms with Crippen LogP contribution >= 0.6 is 0 Å². The molecule has 1 aromatic heterocycles. The number of anilines is 2. The molecule has 0 radical (unpaired) electrons. The van der Waals surface area contributed by atoms with Gasteiger partial charge in [0.05, 0.1) is 25.0 Å². The molecule has 8 heteroatoms. The molecule has 3 rings (SSSR count). The second kappa shape index (κ2) is 8.32. The van der Waals surface area contributed by atoms with Crippen LogP contribution in [0, 0.1) is 11.3 Å². The molecular formula is C18H26N6O2. The van der Waals surface area contributed by atoms with Crippen LogP contribution in [0.1, 0.15) is 31.5 Å². The number of hydrogen-bond donors (Lipinski definition) is 1. The molecule has 0 aliphatic carbocycles. The van der Waals surface area contributed by atoms with Gasteiger partial charge in [0.25, 0.3) is 0 Å². The Morgan fingerprint density at radius 1 is 1.23 bits per heavy atom. The molecule has 0 aromatic carbocycles. The van der Waals surface area contributed by atoms with Gasteiger partial charge in [-0.05, 0) is 20.3 Å². The Morgan fingerprint density at radius 2 is 1.96 bits per heavy atom. The SMILES string of the molecule is CC(C)Nc1nc(N2CCOCC2)nc2c1CCN(C(=O)CC#N)CC2. The number of amides is 1. The van der Waals surface area contributed by atoms with E-state index in [9.17, 15) is 4.79 Å². The van der Waals surface area contributed by atoms with E-state index in [0.29, 0.717) is 39.1 Å². The molecule has 1 fully saturated rings. The number of nitrogens with one attached hydrogen (secondary N) is 1. The number of ether oxygens (including phenoxy) is 1. The molecule has 1 saturated heterocycles. The Kier molecular flexibility index (Phi) is 5.89. The summed E-state index contributed by atoms with van der Waals surface area (Å²) in [6.07, 6.45) is 1.31. The molecule has 2 aliphatic rings. The Bertz CT molecular complexity index is 694. The van der Waals surface area contributed by atoms with E-state index in [1.165, 1.54) is 0 Å². The van der Waals surface area contributed by atoms with Crippen LogP contribution in [-0.2, 0) is 22.4 Å². The summed E-state index contributed by atoms with van der Waals surface area (Å²) in [4.78, 5) is 25.6. The fraction of sp³-hybridized carbons (Fsp3) is 0.667. The maximum atomic E-state index is 12.1. The van der Waals surface area contributed by atoms with Crippen LogP contribution < -0.4 is 10.2 Å². The zero-order valence-corrected chi connectivity index (χ0v) is 15.5. The van der Waals surface area contributed by atoms with Gasteiger partial charge in [0, 0.05) is 44.2 Å². The molecule has 0 bridgehead atoms. The van der Waals surface area contributed by atoms with E-state index in [1.54, 1.807) is 4.90 Å². The van der Waals surface area contributed by atoms with Crippen molar-refractivity contribution in [3.63, 3.8) is 0 Å². The van der Waals surface area contributed by atoms with Crippen LogP contribution in [0.4, 0.5) is 11.8 Å². The normalized spacial score (nSPS) is 17.5. The molecule has 8 nitrogen and oxygen atoms in total. The smallest absolute Gasteiger partial charge is 0.236 e. The second-order valence-corrected chi connectivity index (χ2v) is 6.91. The number of rotatable bonds is 4. The van der Waals surface area contributed by atoms with Crippen molar-refractivity contribution in [2.75, 3.05) is 49.6 Å². The average molecular weight is 358 g/mol. The van der Waals surface area contributed by atoms with Gasteiger partial charge in [-0.3, -0.25) is 4.79 Å². The average Bonchev–Trinajstić information content (AvgIpc) is 2.85. The zero-order chi connectivity index (χ0) is 18.5. The van der Waals surface area contributed by atoms with Crippen molar-refractivity contribution < 1.29 is 9.53 Å². The summed E-state index contributed by atoms with van der Waals surface area (Å²) in [7, 11) is 0. The number of morpholine rings is 1. The van der Waals surface area contributed by atoms with E-state index < -0.39 is 0 Å². The van der Waals surface area contributed by atoms with Gasteiger partial charge in [-0.25, -0.2) is 4.98 Å². The molecule has 0 unspecified atom stereocenters. The topological polar surface area (TPSA) is 94.4 Å². The van der Waals surface area contributed by atoms with Crippen LogP contribution in [0.3, 0.4) is 0 Å². The molecule has 2 aliphatic heterocycles. The third kappa shape index (κ3) is 4.22. The third-order valence-electron chi connectivity index (χ3n) is 4.63. The quantitative estimate of drug-likeness (QED) is 0.857. The van der Waals surface area contributed by atoms with E-state index >= 15 is 0 Å². The van der Waals surface area contributed by atoms with E-state index in [4.69, 9.17) is 20.0 Å². The zero-order valence-electron chi connectivity index (χ0n) is 15.5. The van der Waals surface area contributed by atoms with Crippen molar-refractivity contribution >= 4 is 17.7 Å². The van der Waals surface area contributed by atoms with E-state index in [0.717, 1.165) is 36.1 Å². The Hall–Kier alpha value is -2.40. The lowest BCUT2D eigenvalue weighted by molar-refractivity contribution is -0.130. The number of carbonyl (C=O) groups is 1. The van der Waals surface area contributed by atoms with Crippen molar-refractivity contribution in [2.24, 2.45) is 0 Å². The Morgan fingerprint density at radius 3 is 2.65 bits per heavy atom. The minimum absolute atomic E-state index is 0.0713. The third-order valence-corrected chi connectivity index (χ3v) is 4.63. The van der Waals surface area contributed by atoms with Crippen molar-refractivity contribution in [1.29, 1.82) is 5.26 Å². The van der Waals surface area contributed by atoms with Gasteiger partial charge in [-0.2, -0.15) is 10.2 Å². The highest BCUT2D eigenvalue weighted by atomic mass is 16.5. The number of aromatic nitrogens is 2. The van der Waals surface area contributed by atoms with Crippen LogP contribution in [0.5, 0.6) is 0 Å². The molecule has 1 aromatic rings. The first-order valence-corrected chi connectivity index (χ1v) is 9.22. The van der Waals surface area contributed by atoms with Crippen LogP contribution in [-0.4, -0.2) is 66.2 Å². The lowest BCUT2D eigenvalue weighted by Crippen LogP contribution is -2.37. The van der Waals surface area contributed by atoms with Gasteiger partial charge in [0.15, 0.2) is 0 Å². The first-order chi connectivity index (χ1) is 12.6. The molecule has 140 valence electrons. The monoisotopic (exact) mass is 358 g/mol.